The highest BCUT2D eigenvalue weighted by atomic mass is 19.1. The minimum Gasteiger partial charge on any atom is -0.494 e. The molecule has 8 heteroatoms. The lowest BCUT2D eigenvalue weighted by Crippen LogP contribution is -2.21. The number of halogens is 1. The fourth-order valence-corrected chi connectivity index (χ4v) is 3.63. The van der Waals surface area contributed by atoms with E-state index in [1.54, 1.807) is 54.6 Å². The van der Waals surface area contributed by atoms with Crippen LogP contribution >= 0.6 is 0 Å². The average Bonchev–Trinajstić information content (AvgIpc) is 3.26. The summed E-state index contributed by atoms with van der Waals surface area (Å²) in [6.45, 7) is 0.409. The number of hydrogen-bond acceptors (Lipinski definition) is 6. The van der Waals surface area contributed by atoms with Gasteiger partial charge in [-0.15, -0.1) is 0 Å². The molecule has 0 saturated carbocycles. The second-order valence-electron chi connectivity index (χ2n) is 8.45. The number of amides is 2. The molecule has 1 aliphatic rings. The van der Waals surface area contributed by atoms with Gasteiger partial charge in [0.15, 0.2) is 5.78 Å². The predicted octanol–water partition coefficient (Wildman–Crippen LogP) is 4.92. The summed E-state index contributed by atoms with van der Waals surface area (Å²) >= 11 is 0. The fourth-order valence-electron chi connectivity index (χ4n) is 3.63. The summed E-state index contributed by atoms with van der Waals surface area (Å²) < 4.78 is 24.0. The Hall–Kier alpha value is -4.85. The zero-order chi connectivity index (χ0) is 26.9. The van der Waals surface area contributed by atoms with Crippen LogP contribution in [0.5, 0.6) is 11.5 Å². The SMILES string of the molecule is O=C1C=C(c2ccc(OCCCCC(=O)Oc3ccc(C=CC(=O)c4ccc(F)cc4)cc3)cc2)C(=O)N1. The summed E-state index contributed by atoms with van der Waals surface area (Å²) in [6, 6.07) is 18.9. The van der Waals surface area contributed by atoms with E-state index in [4.69, 9.17) is 9.47 Å². The second-order valence-corrected chi connectivity index (χ2v) is 8.45. The Bertz CT molecular complexity index is 1390. The molecule has 0 fully saturated rings. The first-order valence-electron chi connectivity index (χ1n) is 12.0. The molecule has 0 spiro atoms. The maximum absolute atomic E-state index is 13.0. The number of benzene rings is 3. The van der Waals surface area contributed by atoms with Crippen LogP contribution in [0.1, 0.15) is 40.7 Å². The molecular formula is C30H24FNO6. The van der Waals surface area contributed by atoms with Gasteiger partial charge in [0, 0.05) is 18.1 Å². The Kier molecular flexibility index (Phi) is 8.56. The van der Waals surface area contributed by atoms with Crippen molar-refractivity contribution in [2.24, 2.45) is 0 Å². The first-order valence-corrected chi connectivity index (χ1v) is 12.0. The minimum atomic E-state index is -0.425. The van der Waals surface area contributed by atoms with E-state index >= 15 is 0 Å². The lowest BCUT2D eigenvalue weighted by atomic mass is 10.1. The molecule has 192 valence electrons. The summed E-state index contributed by atoms with van der Waals surface area (Å²) in [7, 11) is 0. The van der Waals surface area contributed by atoms with E-state index in [0.717, 1.165) is 5.56 Å². The topological polar surface area (TPSA) is 98.8 Å². The Balaban J connectivity index is 1.14. The Morgan fingerprint density at radius 3 is 2.18 bits per heavy atom. The molecule has 1 N–H and O–H groups in total. The summed E-state index contributed by atoms with van der Waals surface area (Å²) in [5, 5.41) is 2.21. The van der Waals surface area contributed by atoms with Gasteiger partial charge in [0.25, 0.3) is 11.8 Å². The van der Waals surface area contributed by atoms with Crippen molar-refractivity contribution in [3.63, 3.8) is 0 Å². The van der Waals surface area contributed by atoms with E-state index in [2.05, 4.69) is 5.32 Å². The number of allylic oxidation sites excluding steroid dienone is 1. The zero-order valence-electron chi connectivity index (χ0n) is 20.3. The first-order chi connectivity index (χ1) is 18.4. The number of ether oxygens (including phenoxy) is 2. The molecule has 0 bridgehead atoms. The van der Waals surface area contributed by atoms with Gasteiger partial charge in [0.1, 0.15) is 17.3 Å². The lowest BCUT2D eigenvalue weighted by Gasteiger charge is -2.08. The third-order valence-electron chi connectivity index (χ3n) is 5.63. The molecule has 0 aliphatic carbocycles. The quantitative estimate of drug-likeness (QED) is 0.0977. The van der Waals surface area contributed by atoms with Crippen LogP contribution < -0.4 is 14.8 Å². The van der Waals surface area contributed by atoms with Crippen molar-refractivity contribution in [1.29, 1.82) is 0 Å². The predicted molar refractivity (Wildman–Crippen MR) is 139 cm³/mol. The summed E-state index contributed by atoms with van der Waals surface area (Å²) in [4.78, 5) is 47.3. The van der Waals surface area contributed by atoms with Crippen molar-refractivity contribution in [3.8, 4) is 11.5 Å². The van der Waals surface area contributed by atoms with E-state index in [1.807, 2.05) is 0 Å². The smallest absolute Gasteiger partial charge is 0.311 e. The molecule has 2 amide bonds. The number of ketones is 1. The molecule has 0 saturated heterocycles. The number of imide groups is 1. The summed E-state index contributed by atoms with van der Waals surface area (Å²) in [6.07, 6.45) is 5.76. The normalized spacial score (nSPS) is 12.8. The van der Waals surface area contributed by atoms with Crippen LogP contribution in [-0.4, -0.2) is 30.2 Å². The third kappa shape index (κ3) is 7.33. The van der Waals surface area contributed by atoms with Gasteiger partial charge < -0.3 is 9.47 Å². The van der Waals surface area contributed by atoms with Crippen LogP contribution in [0.2, 0.25) is 0 Å². The molecule has 7 nitrogen and oxygen atoms in total. The summed E-state index contributed by atoms with van der Waals surface area (Å²) in [5.74, 6) is -0.820. The number of carbonyl (C=O) groups excluding carboxylic acids is 4. The van der Waals surface area contributed by atoms with Crippen LogP contribution in [0.3, 0.4) is 0 Å². The molecular weight excluding hydrogens is 489 g/mol. The van der Waals surface area contributed by atoms with Gasteiger partial charge in [-0.1, -0.05) is 30.3 Å². The van der Waals surface area contributed by atoms with Crippen LogP contribution in [0.15, 0.2) is 84.9 Å². The van der Waals surface area contributed by atoms with Gasteiger partial charge in [-0.2, -0.15) is 0 Å². The number of esters is 1. The van der Waals surface area contributed by atoms with Gasteiger partial charge in [-0.05, 0) is 78.6 Å². The lowest BCUT2D eigenvalue weighted by molar-refractivity contribution is -0.134. The van der Waals surface area contributed by atoms with Crippen molar-refractivity contribution in [2.45, 2.75) is 19.3 Å². The highest BCUT2D eigenvalue weighted by Gasteiger charge is 2.21. The Morgan fingerprint density at radius 1 is 0.842 bits per heavy atom. The highest BCUT2D eigenvalue weighted by molar-refractivity contribution is 6.33. The van der Waals surface area contributed by atoms with Gasteiger partial charge >= 0.3 is 5.97 Å². The molecule has 3 aromatic rings. The zero-order valence-corrected chi connectivity index (χ0v) is 20.3. The average molecular weight is 514 g/mol. The number of carbonyl (C=O) groups is 4. The van der Waals surface area contributed by atoms with Crippen molar-refractivity contribution in [2.75, 3.05) is 6.61 Å². The largest absolute Gasteiger partial charge is 0.494 e. The van der Waals surface area contributed by atoms with Crippen LogP contribution in [0, 0.1) is 5.82 Å². The Morgan fingerprint density at radius 2 is 1.53 bits per heavy atom. The molecule has 0 atom stereocenters. The van der Waals surface area contributed by atoms with Gasteiger partial charge in [0.2, 0.25) is 0 Å². The van der Waals surface area contributed by atoms with E-state index in [1.165, 1.54) is 36.4 Å². The van der Waals surface area contributed by atoms with Crippen LogP contribution in [0.25, 0.3) is 11.6 Å². The van der Waals surface area contributed by atoms with E-state index in [0.29, 0.717) is 47.6 Å². The van der Waals surface area contributed by atoms with E-state index < -0.39 is 17.6 Å². The molecule has 1 heterocycles. The van der Waals surface area contributed by atoms with Crippen molar-refractivity contribution in [1.82, 2.24) is 5.32 Å². The van der Waals surface area contributed by atoms with Crippen LogP contribution in [0.4, 0.5) is 4.39 Å². The number of hydrogen-bond donors (Lipinski definition) is 1. The van der Waals surface area contributed by atoms with Crippen molar-refractivity contribution in [3.05, 3.63) is 107 Å². The number of rotatable bonds is 11. The van der Waals surface area contributed by atoms with Gasteiger partial charge in [-0.25, -0.2) is 4.39 Å². The molecule has 3 aromatic carbocycles. The van der Waals surface area contributed by atoms with Gasteiger partial charge in [-0.3, -0.25) is 24.5 Å². The highest BCUT2D eigenvalue weighted by Crippen LogP contribution is 2.21. The number of nitrogens with one attached hydrogen (secondary N) is 1. The molecule has 1 aliphatic heterocycles. The van der Waals surface area contributed by atoms with Gasteiger partial charge in [0.05, 0.1) is 12.2 Å². The molecule has 0 radical (unpaired) electrons. The van der Waals surface area contributed by atoms with Crippen LogP contribution in [-0.2, 0) is 14.4 Å². The second kappa shape index (κ2) is 12.4. The Labute approximate surface area is 218 Å². The molecule has 0 unspecified atom stereocenters. The fraction of sp³-hybridized carbons (Fsp3) is 0.133. The van der Waals surface area contributed by atoms with E-state index in [-0.39, 0.29) is 18.2 Å². The number of unbranched alkanes of at least 4 members (excludes halogenated alkanes) is 1. The third-order valence-corrected chi connectivity index (χ3v) is 5.63. The maximum Gasteiger partial charge on any atom is 0.311 e. The maximum atomic E-state index is 13.0. The first kappa shape index (κ1) is 26.2. The minimum absolute atomic E-state index is 0.230. The monoisotopic (exact) mass is 513 g/mol. The summed E-state index contributed by atoms with van der Waals surface area (Å²) in [5.41, 5.74) is 2.10. The van der Waals surface area contributed by atoms with E-state index in [9.17, 15) is 23.6 Å². The molecule has 38 heavy (non-hydrogen) atoms. The molecule has 0 aromatic heterocycles. The van der Waals surface area contributed by atoms with Crippen molar-refractivity contribution < 1.29 is 33.0 Å². The standard InChI is InChI=1S/C30H24FNO6/c31-23-11-7-22(8-12-23)27(33)17-6-20-4-13-25(14-5-20)38-29(35)3-1-2-18-37-24-15-9-21(10-16-24)26-19-28(34)32-30(26)36/h4-17,19H,1-3,18H2,(H,32,34,36). The van der Waals surface area contributed by atoms with Crippen molar-refractivity contribution >= 4 is 35.2 Å². The molecule has 4 rings (SSSR count).